The molecule has 2 aliphatic rings. The molecule has 2 heterocycles. The molecule has 146 valence electrons. The van der Waals surface area contributed by atoms with E-state index in [4.69, 9.17) is 9.47 Å². The van der Waals surface area contributed by atoms with Crippen LogP contribution in [0.1, 0.15) is 39.2 Å². The lowest BCUT2D eigenvalue weighted by atomic mass is 9.91. The molecule has 2 atom stereocenters. The van der Waals surface area contributed by atoms with Crippen LogP contribution in [-0.4, -0.2) is 48.5 Å². The van der Waals surface area contributed by atoms with Gasteiger partial charge in [-0.05, 0) is 38.0 Å². The van der Waals surface area contributed by atoms with Crippen molar-refractivity contribution >= 4 is 17.8 Å². The third-order valence-electron chi connectivity index (χ3n) is 4.83. The Morgan fingerprint density at radius 2 is 2.00 bits per heavy atom. The number of hydrogen-bond acceptors (Lipinski definition) is 5. The van der Waals surface area contributed by atoms with Gasteiger partial charge in [0.1, 0.15) is 25.3 Å². The number of nitrogens with zero attached hydrogens (tertiary/aromatic N) is 1. The molecule has 2 N–H and O–H groups in total. The molecule has 0 aromatic heterocycles. The Kier molecular flexibility index (Phi) is 5.25. The predicted octanol–water partition coefficient (Wildman–Crippen LogP) is 1.53. The van der Waals surface area contributed by atoms with Gasteiger partial charge >= 0.3 is 6.03 Å². The summed E-state index contributed by atoms with van der Waals surface area (Å²) in [5.74, 6) is 0.312. The second-order valence-corrected chi connectivity index (χ2v) is 7.06. The molecule has 0 radical (unpaired) electrons. The van der Waals surface area contributed by atoms with E-state index >= 15 is 0 Å². The lowest BCUT2D eigenvalue weighted by molar-refractivity contribution is -0.135. The largest absolute Gasteiger partial charge is 0.486 e. The van der Waals surface area contributed by atoms with Gasteiger partial charge in [-0.15, -0.1) is 0 Å². The van der Waals surface area contributed by atoms with Crippen LogP contribution in [0.25, 0.3) is 0 Å². The van der Waals surface area contributed by atoms with Crippen LogP contribution in [-0.2, 0) is 15.1 Å². The highest BCUT2D eigenvalue weighted by molar-refractivity contribution is 6.09. The van der Waals surface area contributed by atoms with E-state index in [2.05, 4.69) is 10.6 Å². The van der Waals surface area contributed by atoms with Gasteiger partial charge in [-0.3, -0.25) is 14.5 Å². The Hall–Kier alpha value is -2.77. The first-order valence-electron chi connectivity index (χ1n) is 9.18. The van der Waals surface area contributed by atoms with Crippen LogP contribution < -0.4 is 20.1 Å². The number of carbonyl (C=O) groups is 3. The van der Waals surface area contributed by atoms with E-state index in [0.29, 0.717) is 30.3 Å². The first-order chi connectivity index (χ1) is 12.8. The van der Waals surface area contributed by atoms with E-state index < -0.39 is 17.5 Å². The summed E-state index contributed by atoms with van der Waals surface area (Å²) in [6.07, 6.45) is 1.77. The molecule has 8 nitrogen and oxygen atoms in total. The summed E-state index contributed by atoms with van der Waals surface area (Å²) < 4.78 is 11.1. The average Bonchev–Trinajstić information content (AvgIpc) is 2.85. The van der Waals surface area contributed by atoms with E-state index in [9.17, 15) is 14.4 Å². The zero-order valence-electron chi connectivity index (χ0n) is 15.8. The molecule has 1 aromatic carbocycles. The monoisotopic (exact) mass is 375 g/mol. The number of fused-ring (bicyclic) bond motifs is 1. The summed E-state index contributed by atoms with van der Waals surface area (Å²) in [6.45, 7) is 6.13. The molecule has 1 aromatic rings. The standard InChI is InChI=1S/C19H25N3O5/c1-4-5-12(2)20-16(23)11-22-17(24)19(3,21-18(22)25)13-6-7-14-15(10-13)27-9-8-26-14/h6-7,10,12H,4-5,8-9,11H2,1-3H3,(H,20,23)(H,21,25)/t12-,19+/m0/s1. The minimum Gasteiger partial charge on any atom is -0.486 e. The zero-order valence-corrected chi connectivity index (χ0v) is 15.8. The minimum absolute atomic E-state index is 0.00700. The summed E-state index contributed by atoms with van der Waals surface area (Å²) in [5.41, 5.74) is -0.685. The van der Waals surface area contributed by atoms with E-state index in [1.54, 1.807) is 25.1 Å². The number of nitrogens with one attached hydrogen (secondary N) is 2. The lowest BCUT2D eigenvalue weighted by Gasteiger charge is -2.25. The molecule has 8 heteroatoms. The van der Waals surface area contributed by atoms with Gasteiger partial charge in [0.2, 0.25) is 5.91 Å². The van der Waals surface area contributed by atoms with Crippen LogP contribution in [0.5, 0.6) is 11.5 Å². The first kappa shape index (κ1) is 19.0. The lowest BCUT2D eigenvalue weighted by Crippen LogP contribution is -2.45. The molecule has 27 heavy (non-hydrogen) atoms. The Balaban J connectivity index is 1.75. The number of carbonyl (C=O) groups excluding carboxylic acids is 3. The minimum atomic E-state index is -1.26. The fraction of sp³-hybridized carbons (Fsp3) is 0.526. The summed E-state index contributed by atoms with van der Waals surface area (Å²) in [4.78, 5) is 38.5. The summed E-state index contributed by atoms with van der Waals surface area (Å²) in [6, 6.07) is 4.54. The Labute approximate surface area is 158 Å². The maximum atomic E-state index is 12.9. The Morgan fingerprint density at radius 1 is 1.30 bits per heavy atom. The molecule has 0 saturated carbocycles. The van der Waals surface area contributed by atoms with Crippen molar-refractivity contribution in [1.29, 1.82) is 0 Å². The normalized spacial score (nSPS) is 22.4. The Morgan fingerprint density at radius 3 is 2.70 bits per heavy atom. The van der Waals surface area contributed by atoms with Crippen molar-refractivity contribution in [1.82, 2.24) is 15.5 Å². The SMILES string of the molecule is CCC[C@H](C)NC(=O)CN1C(=O)N[C@](C)(c2ccc3c(c2)OCCO3)C1=O. The van der Waals surface area contributed by atoms with Crippen molar-refractivity contribution < 1.29 is 23.9 Å². The van der Waals surface area contributed by atoms with E-state index in [0.717, 1.165) is 17.7 Å². The molecule has 0 aliphatic carbocycles. The molecule has 1 saturated heterocycles. The van der Waals surface area contributed by atoms with Gasteiger partial charge < -0.3 is 20.1 Å². The molecule has 0 unspecified atom stereocenters. The third-order valence-corrected chi connectivity index (χ3v) is 4.83. The number of imide groups is 1. The first-order valence-corrected chi connectivity index (χ1v) is 9.18. The highest BCUT2D eigenvalue weighted by Gasteiger charge is 2.49. The van der Waals surface area contributed by atoms with Gasteiger partial charge in [0.05, 0.1) is 0 Å². The molecular formula is C19H25N3O5. The highest BCUT2D eigenvalue weighted by atomic mass is 16.6. The van der Waals surface area contributed by atoms with Crippen molar-refractivity contribution in [3.8, 4) is 11.5 Å². The summed E-state index contributed by atoms with van der Waals surface area (Å²) in [7, 11) is 0. The van der Waals surface area contributed by atoms with E-state index in [1.165, 1.54) is 0 Å². The molecule has 0 spiro atoms. The zero-order chi connectivity index (χ0) is 19.6. The number of benzene rings is 1. The topological polar surface area (TPSA) is 97.0 Å². The maximum Gasteiger partial charge on any atom is 0.325 e. The van der Waals surface area contributed by atoms with Crippen LogP contribution in [0, 0.1) is 0 Å². The third kappa shape index (κ3) is 3.70. The molecule has 1 fully saturated rings. The quantitative estimate of drug-likeness (QED) is 0.735. The second kappa shape index (κ2) is 7.46. The number of ether oxygens (including phenoxy) is 2. The van der Waals surface area contributed by atoms with E-state index in [-0.39, 0.29) is 18.5 Å². The van der Waals surface area contributed by atoms with Gasteiger partial charge in [-0.25, -0.2) is 4.79 Å². The number of rotatable bonds is 6. The summed E-state index contributed by atoms with van der Waals surface area (Å²) in [5, 5.41) is 5.51. The fourth-order valence-electron chi connectivity index (χ4n) is 3.36. The molecule has 4 amide bonds. The van der Waals surface area contributed by atoms with Crippen molar-refractivity contribution in [3.63, 3.8) is 0 Å². The molecule has 0 bridgehead atoms. The molecule has 3 rings (SSSR count). The van der Waals surface area contributed by atoms with Crippen LogP contribution >= 0.6 is 0 Å². The van der Waals surface area contributed by atoms with Crippen molar-refractivity contribution in [2.24, 2.45) is 0 Å². The maximum absolute atomic E-state index is 12.9. The van der Waals surface area contributed by atoms with Gasteiger partial charge in [-0.2, -0.15) is 0 Å². The van der Waals surface area contributed by atoms with Gasteiger partial charge in [0, 0.05) is 6.04 Å². The van der Waals surface area contributed by atoms with Gasteiger partial charge in [-0.1, -0.05) is 19.4 Å². The number of hydrogen-bond donors (Lipinski definition) is 2. The Bertz CT molecular complexity index is 766. The molecule has 2 aliphatic heterocycles. The fourth-order valence-corrected chi connectivity index (χ4v) is 3.36. The van der Waals surface area contributed by atoms with Crippen molar-refractivity contribution in [2.75, 3.05) is 19.8 Å². The van der Waals surface area contributed by atoms with Crippen LogP contribution in [0.15, 0.2) is 18.2 Å². The number of amides is 4. The van der Waals surface area contributed by atoms with Crippen LogP contribution in [0.4, 0.5) is 4.79 Å². The van der Waals surface area contributed by atoms with Crippen molar-refractivity contribution in [3.05, 3.63) is 23.8 Å². The summed E-state index contributed by atoms with van der Waals surface area (Å²) >= 11 is 0. The predicted molar refractivity (Wildman–Crippen MR) is 97.5 cm³/mol. The smallest absolute Gasteiger partial charge is 0.325 e. The van der Waals surface area contributed by atoms with Crippen LogP contribution in [0.3, 0.4) is 0 Å². The second-order valence-electron chi connectivity index (χ2n) is 7.06. The van der Waals surface area contributed by atoms with Gasteiger partial charge in [0.25, 0.3) is 5.91 Å². The highest BCUT2D eigenvalue weighted by Crippen LogP contribution is 2.36. The van der Waals surface area contributed by atoms with Crippen LogP contribution in [0.2, 0.25) is 0 Å². The van der Waals surface area contributed by atoms with E-state index in [1.807, 2.05) is 13.8 Å². The van der Waals surface area contributed by atoms with Gasteiger partial charge in [0.15, 0.2) is 11.5 Å². The average molecular weight is 375 g/mol. The van der Waals surface area contributed by atoms with Crippen molar-refractivity contribution in [2.45, 2.75) is 45.2 Å². The molecular weight excluding hydrogens is 350 g/mol. The number of urea groups is 1.